The Morgan fingerprint density at radius 3 is 1.86 bits per heavy atom. The SMILES string of the molecule is CCC(=O)OCC(=O)OC(=O)CC.[NaH]. The van der Waals surface area contributed by atoms with Crippen molar-refractivity contribution in [2.45, 2.75) is 26.7 Å². The van der Waals surface area contributed by atoms with Gasteiger partial charge >= 0.3 is 47.5 Å². The second kappa shape index (κ2) is 9.18. The fraction of sp³-hybridized carbons (Fsp3) is 0.625. The number of carbonyl (C=O) groups excluding carboxylic acids is 3. The van der Waals surface area contributed by atoms with E-state index in [0.29, 0.717) is 0 Å². The molecule has 0 N–H and O–H groups in total. The quantitative estimate of drug-likeness (QED) is 0.366. The zero-order valence-electron chi connectivity index (χ0n) is 7.66. The Morgan fingerprint density at radius 2 is 1.43 bits per heavy atom. The van der Waals surface area contributed by atoms with Gasteiger partial charge in [-0.15, -0.1) is 0 Å². The van der Waals surface area contributed by atoms with E-state index in [-0.39, 0.29) is 42.4 Å². The molecule has 0 rings (SSSR count). The molecule has 0 fully saturated rings. The summed E-state index contributed by atoms with van der Waals surface area (Å²) in [5, 5.41) is 0. The summed E-state index contributed by atoms with van der Waals surface area (Å²) in [5.41, 5.74) is 0. The molecule has 0 amide bonds. The molecule has 0 aromatic heterocycles. The molecule has 0 aliphatic heterocycles. The van der Waals surface area contributed by atoms with Crippen LogP contribution in [0.25, 0.3) is 0 Å². The van der Waals surface area contributed by atoms with Crippen LogP contribution in [0.3, 0.4) is 0 Å². The Kier molecular flexibility index (Phi) is 10.5. The van der Waals surface area contributed by atoms with Gasteiger partial charge in [0.15, 0.2) is 6.61 Å². The molecule has 0 radical (unpaired) electrons. The van der Waals surface area contributed by atoms with Gasteiger partial charge in [0.05, 0.1) is 0 Å². The maximum atomic E-state index is 10.7. The van der Waals surface area contributed by atoms with E-state index in [0.717, 1.165) is 0 Å². The normalized spacial score (nSPS) is 8.43. The first-order valence-electron chi connectivity index (χ1n) is 3.99. The molecule has 0 aliphatic carbocycles. The Labute approximate surface area is 104 Å². The van der Waals surface area contributed by atoms with Gasteiger partial charge in [-0.1, -0.05) is 13.8 Å². The van der Waals surface area contributed by atoms with E-state index in [4.69, 9.17) is 0 Å². The fourth-order valence-electron chi connectivity index (χ4n) is 0.470. The van der Waals surface area contributed by atoms with E-state index >= 15 is 0 Å². The van der Waals surface area contributed by atoms with Crippen molar-refractivity contribution in [3.05, 3.63) is 0 Å². The minimum atomic E-state index is -0.839. The molecular weight excluding hydrogens is 199 g/mol. The summed E-state index contributed by atoms with van der Waals surface area (Å²) >= 11 is 0. The standard InChI is InChI=1S/C8H12O5.Na.H/c1-3-6(9)12-5-8(11)13-7(10)4-2;;/h3-5H2,1-2H3;;. The average Bonchev–Trinajstić information content (AvgIpc) is 2.13. The van der Waals surface area contributed by atoms with Crippen molar-refractivity contribution in [1.29, 1.82) is 0 Å². The second-order valence-corrected chi connectivity index (χ2v) is 2.21. The van der Waals surface area contributed by atoms with Crippen LogP contribution in [0.4, 0.5) is 0 Å². The number of ether oxygens (including phenoxy) is 2. The molecule has 0 saturated carbocycles. The van der Waals surface area contributed by atoms with Gasteiger partial charge in [0, 0.05) is 12.8 Å². The molecule has 0 saturated heterocycles. The monoisotopic (exact) mass is 212 g/mol. The maximum absolute atomic E-state index is 10.7. The predicted octanol–water partition coefficient (Wildman–Crippen LogP) is -0.229. The number of esters is 3. The first-order valence-corrected chi connectivity index (χ1v) is 3.99. The zero-order valence-corrected chi connectivity index (χ0v) is 7.66. The van der Waals surface area contributed by atoms with Gasteiger partial charge in [-0.05, 0) is 0 Å². The number of carbonyl (C=O) groups is 3. The molecule has 14 heavy (non-hydrogen) atoms. The Morgan fingerprint density at radius 1 is 0.929 bits per heavy atom. The average molecular weight is 212 g/mol. The molecule has 0 spiro atoms. The molecule has 0 bridgehead atoms. The molecule has 0 heterocycles. The van der Waals surface area contributed by atoms with Crippen LogP contribution < -0.4 is 0 Å². The van der Waals surface area contributed by atoms with Crippen molar-refractivity contribution in [3.8, 4) is 0 Å². The minimum absolute atomic E-state index is 0. The van der Waals surface area contributed by atoms with E-state index in [9.17, 15) is 14.4 Å². The van der Waals surface area contributed by atoms with Crippen molar-refractivity contribution < 1.29 is 23.9 Å². The predicted molar refractivity (Wildman–Crippen MR) is 49.8 cm³/mol. The fourth-order valence-corrected chi connectivity index (χ4v) is 0.470. The van der Waals surface area contributed by atoms with E-state index in [1.54, 1.807) is 13.8 Å². The third-order valence-corrected chi connectivity index (χ3v) is 1.16. The van der Waals surface area contributed by atoms with Gasteiger partial charge in [-0.25, -0.2) is 4.79 Å². The van der Waals surface area contributed by atoms with Gasteiger partial charge in [0.2, 0.25) is 0 Å². The Bertz CT molecular complexity index is 214. The summed E-state index contributed by atoms with van der Waals surface area (Å²) in [6.07, 6.45) is 0.308. The molecule has 76 valence electrons. The van der Waals surface area contributed by atoms with Crippen LogP contribution in [0.1, 0.15) is 26.7 Å². The molecule has 0 aromatic rings. The van der Waals surface area contributed by atoms with Gasteiger partial charge in [0.1, 0.15) is 0 Å². The Balaban J connectivity index is 0. The summed E-state index contributed by atoms with van der Waals surface area (Å²) in [6, 6.07) is 0. The summed E-state index contributed by atoms with van der Waals surface area (Å²) in [4.78, 5) is 31.8. The molecular formula is C8H13NaO5. The van der Waals surface area contributed by atoms with Crippen LogP contribution in [-0.2, 0) is 23.9 Å². The molecule has 0 unspecified atom stereocenters. The number of hydrogen-bond acceptors (Lipinski definition) is 5. The van der Waals surface area contributed by atoms with E-state index in [1.165, 1.54) is 0 Å². The van der Waals surface area contributed by atoms with E-state index < -0.39 is 24.5 Å². The van der Waals surface area contributed by atoms with Crippen LogP contribution in [-0.4, -0.2) is 54.1 Å². The van der Waals surface area contributed by atoms with Crippen LogP contribution in [0.15, 0.2) is 0 Å². The van der Waals surface area contributed by atoms with E-state index in [1.807, 2.05) is 0 Å². The molecule has 0 aromatic carbocycles. The summed E-state index contributed by atoms with van der Waals surface area (Å²) < 4.78 is 8.67. The van der Waals surface area contributed by atoms with Crippen LogP contribution in [0.5, 0.6) is 0 Å². The third kappa shape index (κ3) is 8.22. The van der Waals surface area contributed by atoms with Gasteiger partial charge in [-0.3, -0.25) is 9.59 Å². The topological polar surface area (TPSA) is 69.7 Å². The zero-order chi connectivity index (χ0) is 10.3. The van der Waals surface area contributed by atoms with Crippen molar-refractivity contribution >= 4 is 47.5 Å². The summed E-state index contributed by atoms with van der Waals surface area (Å²) in [5.74, 6) is -1.97. The molecule has 0 atom stereocenters. The van der Waals surface area contributed by atoms with Crippen LogP contribution in [0.2, 0.25) is 0 Å². The van der Waals surface area contributed by atoms with Crippen molar-refractivity contribution in [3.63, 3.8) is 0 Å². The molecule has 5 nitrogen and oxygen atoms in total. The first-order chi connectivity index (χ1) is 6.10. The summed E-state index contributed by atoms with van der Waals surface area (Å²) in [7, 11) is 0. The molecule has 6 heteroatoms. The second-order valence-electron chi connectivity index (χ2n) is 2.21. The summed E-state index contributed by atoms with van der Waals surface area (Å²) in [6.45, 7) is 2.66. The van der Waals surface area contributed by atoms with Crippen molar-refractivity contribution in [1.82, 2.24) is 0 Å². The van der Waals surface area contributed by atoms with Crippen molar-refractivity contribution in [2.24, 2.45) is 0 Å². The van der Waals surface area contributed by atoms with Gasteiger partial charge < -0.3 is 9.47 Å². The van der Waals surface area contributed by atoms with Gasteiger partial charge in [-0.2, -0.15) is 0 Å². The van der Waals surface area contributed by atoms with Crippen LogP contribution >= 0.6 is 0 Å². The van der Waals surface area contributed by atoms with Crippen molar-refractivity contribution in [2.75, 3.05) is 6.61 Å². The third-order valence-electron chi connectivity index (χ3n) is 1.16. The number of rotatable bonds is 4. The molecule has 0 aliphatic rings. The van der Waals surface area contributed by atoms with Crippen LogP contribution in [0, 0.1) is 0 Å². The first kappa shape index (κ1) is 16.1. The van der Waals surface area contributed by atoms with Gasteiger partial charge in [0.25, 0.3) is 0 Å². The number of hydrogen-bond donors (Lipinski definition) is 0. The van der Waals surface area contributed by atoms with E-state index in [2.05, 4.69) is 9.47 Å². The Hall–Kier alpha value is -0.390.